The van der Waals surface area contributed by atoms with E-state index in [4.69, 9.17) is 16.3 Å². The van der Waals surface area contributed by atoms with Crippen LogP contribution >= 0.6 is 11.6 Å². The molecule has 0 aromatic carbocycles. The highest BCUT2D eigenvalue weighted by atomic mass is 35.5. The van der Waals surface area contributed by atoms with Gasteiger partial charge in [0.25, 0.3) is 0 Å². The van der Waals surface area contributed by atoms with Crippen molar-refractivity contribution in [2.45, 2.75) is 26.3 Å². The fourth-order valence-corrected chi connectivity index (χ4v) is 2.88. The number of nitrogens with one attached hydrogen (secondary N) is 1. The van der Waals surface area contributed by atoms with Crippen LogP contribution in [0.1, 0.15) is 25.1 Å². The van der Waals surface area contributed by atoms with Crippen LogP contribution in [0, 0.1) is 6.92 Å². The quantitative estimate of drug-likeness (QED) is 0.828. The minimum atomic E-state index is -0.134. The smallest absolute Gasteiger partial charge is 0.244 e. The number of carbonyl (C=O) groups excluding carboxylic acids is 1. The first kappa shape index (κ1) is 18.0. The monoisotopic (exact) mass is 340 g/mol. The topological polar surface area (TPSA) is 59.4 Å². The SMILES string of the molecule is Cc1nn(C)c(Cl)c1/C=C/C(=O)NCC(C)(C)N1CCOCC1. The van der Waals surface area contributed by atoms with Gasteiger partial charge in [0.15, 0.2) is 0 Å². The van der Waals surface area contributed by atoms with Gasteiger partial charge >= 0.3 is 0 Å². The highest BCUT2D eigenvalue weighted by Crippen LogP contribution is 2.20. The fraction of sp³-hybridized carbons (Fsp3) is 0.625. The molecule has 1 amide bonds. The maximum Gasteiger partial charge on any atom is 0.244 e. The summed E-state index contributed by atoms with van der Waals surface area (Å²) >= 11 is 6.15. The number of carbonyl (C=O) groups is 1. The Morgan fingerprint density at radius 2 is 2.09 bits per heavy atom. The largest absolute Gasteiger partial charge is 0.379 e. The zero-order chi connectivity index (χ0) is 17.0. The van der Waals surface area contributed by atoms with Crippen LogP contribution in [0.3, 0.4) is 0 Å². The predicted octanol–water partition coefficient (Wildman–Crippen LogP) is 1.62. The van der Waals surface area contributed by atoms with Gasteiger partial charge in [-0.3, -0.25) is 14.4 Å². The van der Waals surface area contributed by atoms with E-state index in [9.17, 15) is 4.79 Å². The summed E-state index contributed by atoms with van der Waals surface area (Å²) in [4.78, 5) is 14.4. The lowest BCUT2D eigenvalue weighted by atomic mass is 10.0. The minimum absolute atomic E-state index is 0.102. The number of morpholine rings is 1. The average Bonchev–Trinajstić information content (AvgIpc) is 2.77. The van der Waals surface area contributed by atoms with Gasteiger partial charge in [-0.15, -0.1) is 0 Å². The number of ether oxygens (including phenoxy) is 1. The normalized spacial score (nSPS) is 16.9. The first-order valence-electron chi connectivity index (χ1n) is 7.79. The molecular weight excluding hydrogens is 316 g/mol. The molecule has 0 unspecified atom stereocenters. The number of halogens is 1. The van der Waals surface area contributed by atoms with Gasteiger partial charge in [-0.2, -0.15) is 5.10 Å². The maximum atomic E-state index is 12.1. The molecule has 128 valence electrons. The third kappa shape index (κ3) is 4.56. The molecule has 23 heavy (non-hydrogen) atoms. The lowest BCUT2D eigenvalue weighted by Gasteiger charge is -2.40. The summed E-state index contributed by atoms with van der Waals surface area (Å²) < 4.78 is 6.97. The van der Waals surface area contributed by atoms with Crippen LogP contribution in [0.15, 0.2) is 6.08 Å². The van der Waals surface area contributed by atoms with E-state index in [2.05, 4.69) is 29.2 Å². The van der Waals surface area contributed by atoms with Gasteiger partial charge in [-0.1, -0.05) is 11.6 Å². The molecule has 0 aliphatic carbocycles. The van der Waals surface area contributed by atoms with Crippen molar-refractivity contribution in [1.29, 1.82) is 0 Å². The van der Waals surface area contributed by atoms with Gasteiger partial charge in [0, 0.05) is 43.9 Å². The summed E-state index contributed by atoms with van der Waals surface area (Å²) in [6.07, 6.45) is 3.22. The molecule has 1 aromatic heterocycles. The number of nitrogens with zero attached hydrogens (tertiary/aromatic N) is 3. The average molecular weight is 341 g/mol. The Kier molecular flexibility index (Phi) is 5.84. The Balaban J connectivity index is 1.90. The molecule has 0 bridgehead atoms. The van der Waals surface area contributed by atoms with E-state index in [1.807, 2.05) is 6.92 Å². The van der Waals surface area contributed by atoms with Crippen molar-refractivity contribution in [2.75, 3.05) is 32.8 Å². The number of hydrogen-bond donors (Lipinski definition) is 1. The van der Waals surface area contributed by atoms with Crippen molar-refractivity contribution in [1.82, 2.24) is 20.0 Å². The predicted molar refractivity (Wildman–Crippen MR) is 91.5 cm³/mol. The molecule has 1 aliphatic heterocycles. The standard InChI is InChI=1S/C16H25ClN4O2/c1-12-13(15(17)20(4)19-12)5-6-14(22)18-11-16(2,3)21-7-9-23-10-8-21/h5-6H,7-11H2,1-4H3,(H,18,22)/b6-5+. The highest BCUT2D eigenvalue weighted by Gasteiger charge is 2.28. The zero-order valence-corrected chi connectivity index (χ0v) is 15.0. The van der Waals surface area contributed by atoms with Crippen LogP contribution in [-0.4, -0.2) is 59.0 Å². The molecule has 1 fully saturated rings. The van der Waals surface area contributed by atoms with Crippen molar-refractivity contribution in [3.8, 4) is 0 Å². The third-order valence-electron chi connectivity index (χ3n) is 4.16. The van der Waals surface area contributed by atoms with E-state index < -0.39 is 0 Å². The summed E-state index contributed by atoms with van der Waals surface area (Å²) in [5.41, 5.74) is 1.47. The molecule has 1 saturated heterocycles. The summed E-state index contributed by atoms with van der Waals surface area (Å²) in [7, 11) is 1.78. The van der Waals surface area contributed by atoms with Gasteiger partial charge < -0.3 is 10.1 Å². The van der Waals surface area contributed by atoms with Gasteiger partial charge in [-0.25, -0.2) is 0 Å². The molecule has 1 aromatic rings. The van der Waals surface area contributed by atoms with Gasteiger partial charge in [-0.05, 0) is 26.8 Å². The Morgan fingerprint density at radius 1 is 1.43 bits per heavy atom. The number of aryl methyl sites for hydroxylation is 2. The molecule has 0 radical (unpaired) electrons. The number of hydrogen-bond acceptors (Lipinski definition) is 4. The van der Waals surface area contributed by atoms with Crippen molar-refractivity contribution in [3.63, 3.8) is 0 Å². The second-order valence-electron chi connectivity index (χ2n) is 6.38. The van der Waals surface area contributed by atoms with Crippen molar-refractivity contribution >= 4 is 23.6 Å². The van der Waals surface area contributed by atoms with Gasteiger partial charge in [0.05, 0.1) is 18.9 Å². The van der Waals surface area contributed by atoms with Crippen LogP contribution in [-0.2, 0) is 16.6 Å². The van der Waals surface area contributed by atoms with Gasteiger partial charge in [0.1, 0.15) is 5.15 Å². The van der Waals surface area contributed by atoms with Crippen molar-refractivity contribution in [2.24, 2.45) is 7.05 Å². The number of amides is 1. The van der Waals surface area contributed by atoms with Crippen LogP contribution in [0.4, 0.5) is 0 Å². The molecule has 2 heterocycles. The van der Waals surface area contributed by atoms with E-state index >= 15 is 0 Å². The fourth-order valence-electron chi connectivity index (χ4n) is 2.64. The highest BCUT2D eigenvalue weighted by molar-refractivity contribution is 6.31. The van der Waals surface area contributed by atoms with Crippen LogP contribution in [0.25, 0.3) is 6.08 Å². The second kappa shape index (κ2) is 7.47. The summed E-state index contributed by atoms with van der Waals surface area (Å²) in [5, 5.41) is 7.70. The van der Waals surface area contributed by atoms with Crippen LogP contribution < -0.4 is 5.32 Å². The van der Waals surface area contributed by atoms with Gasteiger partial charge in [0.2, 0.25) is 5.91 Å². The first-order chi connectivity index (χ1) is 10.8. The van der Waals surface area contributed by atoms with E-state index in [1.165, 1.54) is 6.08 Å². The van der Waals surface area contributed by atoms with E-state index in [1.54, 1.807) is 17.8 Å². The Hall–Kier alpha value is -1.37. The summed E-state index contributed by atoms with van der Waals surface area (Å²) in [6.45, 7) is 9.98. The van der Waals surface area contributed by atoms with E-state index in [0.717, 1.165) is 37.6 Å². The lowest BCUT2D eigenvalue weighted by Crippen LogP contribution is -2.55. The molecule has 1 N–H and O–H groups in total. The minimum Gasteiger partial charge on any atom is -0.379 e. The number of aromatic nitrogens is 2. The first-order valence-corrected chi connectivity index (χ1v) is 8.17. The van der Waals surface area contributed by atoms with Crippen molar-refractivity contribution in [3.05, 3.63) is 22.5 Å². The number of rotatable bonds is 5. The zero-order valence-electron chi connectivity index (χ0n) is 14.2. The third-order valence-corrected chi connectivity index (χ3v) is 4.61. The van der Waals surface area contributed by atoms with Crippen molar-refractivity contribution < 1.29 is 9.53 Å². The molecule has 7 heteroatoms. The molecule has 0 saturated carbocycles. The molecular formula is C16H25ClN4O2. The molecule has 0 atom stereocenters. The summed E-state index contributed by atoms with van der Waals surface area (Å²) in [6, 6.07) is 0. The Bertz CT molecular complexity index is 589. The molecule has 0 spiro atoms. The lowest BCUT2D eigenvalue weighted by molar-refractivity contribution is -0.117. The van der Waals surface area contributed by atoms with E-state index in [0.29, 0.717) is 11.7 Å². The van der Waals surface area contributed by atoms with Crippen LogP contribution in [0.5, 0.6) is 0 Å². The second-order valence-corrected chi connectivity index (χ2v) is 6.73. The molecule has 2 rings (SSSR count). The summed E-state index contributed by atoms with van der Waals surface area (Å²) in [5.74, 6) is -0.134. The van der Waals surface area contributed by atoms with E-state index in [-0.39, 0.29) is 11.4 Å². The molecule has 6 nitrogen and oxygen atoms in total. The molecule has 1 aliphatic rings. The Labute approximate surface area is 142 Å². The van der Waals surface area contributed by atoms with Crippen LogP contribution in [0.2, 0.25) is 5.15 Å². The Morgan fingerprint density at radius 3 is 2.65 bits per heavy atom. The maximum absolute atomic E-state index is 12.1.